The highest BCUT2D eigenvalue weighted by atomic mass is 32.1. The maximum absolute atomic E-state index is 12.1. The molecule has 5 heteroatoms. The van der Waals surface area contributed by atoms with Crippen LogP contribution in [0.1, 0.15) is 21.5 Å². The number of nitriles is 1. The standard InChI is InChI=1S/C13H11N3OS/c1-8-10(3-2-4-11(8)15)12(17)16-13-9(7-14)5-6-18-13/h2-6H,15H2,1H3,(H,16,17). The Morgan fingerprint density at radius 3 is 2.94 bits per heavy atom. The molecular weight excluding hydrogens is 246 g/mol. The number of amides is 1. The first-order valence-corrected chi connectivity index (χ1v) is 6.15. The zero-order valence-electron chi connectivity index (χ0n) is 9.73. The van der Waals surface area contributed by atoms with Crippen molar-refractivity contribution in [2.75, 3.05) is 11.1 Å². The van der Waals surface area contributed by atoms with Gasteiger partial charge in [0.1, 0.15) is 11.1 Å². The van der Waals surface area contributed by atoms with Gasteiger partial charge < -0.3 is 11.1 Å². The van der Waals surface area contributed by atoms with Gasteiger partial charge in [0, 0.05) is 11.3 Å². The van der Waals surface area contributed by atoms with Crippen LogP contribution in [0.2, 0.25) is 0 Å². The summed E-state index contributed by atoms with van der Waals surface area (Å²) in [5.41, 5.74) is 8.07. The van der Waals surface area contributed by atoms with E-state index in [9.17, 15) is 4.79 Å². The van der Waals surface area contributed by atoms with Gasteiger partial charge in [-0.05, 0) is 36.1 Å². The molecule has 0 unspecified atom stereocenters. The smallest absolute Gasteiger partial charge is 0.256 e. The number of carbonyl (C=O) groups is 1. The van der Waals surface area contributed by atoms with Crippen LogP contribution in [0.3, 0.4) is 0 Å². The van der Waals surface area contributed by atoms with E-state index in [0.29, 0.717) is 21.8 Å². The van der Waals surface area contributed by atoms with Gasteiger partial charge >= 0.3 is 0 Å². The van der Waals surface area contributed by atoms with E-state index in [1.165, 1.54) is 11.3 Å². The van der Waals surface area contributed by atoms with Gasteiger partial charge in [0.05, 0.1) is 5.56 Å². The van der Waals surface area contributed by atoms with E-state index in [1.54, 1.807) is 36.6 Å². The fourth-order valence-corrected chi connectivity index (χ4v) is 2.30. The molecule has 2 rings (SSSR count). The zero-order chi connectivity index (χ0) is 13.1. The van der Waals surface area contributed by atoms with Gasteiger partial charge in [-0.1, -0.05) is 6.07 Å². The summed E-state index contributed by atoms with van der Waals surface area (Å²) in [6.07, 6.45) is 0. The molecule has 0 fully saturated rings. The van der Waals surface area contributed by atoms with Gasteiger partial charge in [-0.25, -0.2) is 0 Å². The average molecular weight is 257 g/mol. The van der Waals surface area contributed by atoms with Crippen molar-refractivity contribution in [2.24, 2.45) is 0 Å². The lowest BCUT2D eigenvalue weighted by Gasteiger charge is -2.08. The molecule has 90 valence electrons. The van der Waals surface area contributed by atoms with Crippen LogP contribution < -0.4 is 11.1 Å². The van der Waals surface area contributed by atoms with E-state index >= 15 is 0 Å². The molecule has 1 aromatic heterocycles. The Kier molecular flexibility index (Phi) is 3.31. The number of anilines is 2. The molecular formula is C13H11N3OS. The number of nitrogens with zero attached hydrogens (tertiary/aromatic N) is 1. The second kappa shape index (κ2) is 4.90. The molecule has 0 radical (unpaired) electrons. The summed E-state index contributed by atoms with van der Waals surface area (Å²) >= 11 is 1.32. The van der Waals surface area contributed by atoms with Crippen LogP contribution in [0.25, 0.3) is 0 Å². The summed E-state index contributed by atoms with van der Waals surface area (Å²) in [6, 6.07) is 8.89. The van der Waals surface area contributed by atoms with E-state index in [4.69, 9.17) is 11.0 Å². The molecule has 1 heterocycles. The number of carbonyl (C=O) groups excluding carboxylic acids is 1. The monoisotopic (exact) mass is 257 g/mol. The molecule has 0 saturated heterocycles. The summed E-state index contributed by atoms with van der Waals surface area (Å²) in [5.74, 6) is -0.251. The van der Waals surface area contributed by atoms with Crippen molar-refractivity contribution in [3.63, 3.8) is 0 Å². The maximum Gasteiger partial charge on any atom is 0.256 e. The number of nitrogens with two attached hydrogens (primary N) is 1. The Bertz CT molecular complexity index is 640. The van der Waals surface area contributed by atoms with Crippen LogP contribution in [-0.2, 0) is 0 Å². The van der Waals surface area contributed by atoms with Crippen LogP contribution in [0.15, 0.2) is 29.6 Å². The third-order valence-electron chi connectivity index (χ3n) is 2.63. The molecule has 0 aliphatic carbocycles. The highest BCUT2D eigenvalue weighted by molar-refractivity contribution is 7.14. The molecule has 3 N–H and O–H groups in total. The molecule has 0 bridgehead atoms. The third-order valence-corrected chi connectivity index (χ3v) is 3.46. The van der Waals surface area contributed by atoms with Crippen molar-refractivity contribution >= 4 is 27.9 Å². The number of nitrogen functional groups attached to an aromatic ring is 1. The van der Waals surface area contributed by atoms with Crippen LogP contribution in [0.5, 0.6) is 0 Å². The second-order valence-corrected chi connectivity index (χ2v) is 4.67. The molecule has 1 aromatic carbocycles. The lowest BCUT2D eigenvalue weighted by Crippen LogP contribution is -2.13. The highest BCUT2D eigenvalue weighted by Gasteiger charge is 2.13. The van der Waals surface area contributed by atoms with Gasteiger partial charge in [-0.3, -0.25) is 4.79 Å². The predicted molar refractivity (Wildman–Crippen MR) is 72.6 cm³/mol. The maximum atomic E-state index is 12.1. The quantitative estimate of drug-likeness (QED) is 0.812. The van der Waals surface area contributed by atoms with Gasteiger partial charge in [0.2, 0.25) is 0 Å². The Hall–Kier alpha value is -2.32. The fraction of sp³-hybridized carbons (Fsp3) is 0.0769. The minimum atomic E-state index is -0.251. The Balaban J connectivity index is 2.29. The van der Waals surface area contributed by atoms with E-state index in [2.05, 4.69) is 5.32 Å². The highest BCUT2D eigenvalue weighted by Crippen LogP contribution is 2.24. The summed E-state index contributed by atoms with van der Waals surface area (Å²) in [7, 11) is 0. The number of hydrogen-bond donors (Lipinski definition) is 2. The average Bonchev–Trinajstić information content (AvgIpc) is 2.79. The lowest BCUT2D eigenvalue weighted by atomic mass is 10.1. The summed E-state index contributed by atoms with van der Waals surface area (Å²) in [5, 5.41) is 13.9. The summed E-state index contributed by atoms with van der Waals surface area (Å²) in [4.78, 5) is 12.1. The molecule has 1 amide bonds. The first-order chi connectivity index (χ1) is 8.63. The van der Waals surface area contributed by atoms with Crippen molar-refractivity contribution in [3.8, 4) is 6.07 Å². The predicted octanol–water partition coefficient (Wildman–Crippen LogP) is 2.76. The second-order valence-electron chi connectivity index (χ2n) is 3.75. The van der Waals surface area contributed by atoms with Gasteiger partial charge in [0.25, 0.3) is 5.91 Å². The lowest BCUT2D eigenvalue weighted by molar-refractivity contribution is 0.102. The Labute approximate surface area is 109 Å². The molecule has 0 saturated carbocycles. The third kappa shape index (κ3) is 2.19. The van der Waals surface area contributed by atoms with Crippen LogP contribution in [0.4, 0.5) is 10.7 Å². The summed E-state index contributed by atoms with van der Waals surface area (Å²) in [6.45, 7) is 1.80. The molecule has 18 heavy (non-hydrogen) atoms. The van der Waals surface area contributed by atoms with Gasteiger partial charge in [0.15, 0.2) is 0 Å². The van der Waals surface area contributed by atoms with E-state index < -0.39 is 0 Å². The van der Waals surface area contributed by atoms with Crippen molar-refractivity contribution < 1.29 is 4.79 Å². The minimum Gasteiger partial charge on any atom is -0.398 e. The largest absolute Gasteiger partial charge is 0.398 e. The topological polar surface area (TPSA) is 78.9 Å². The fourth-order valence-electron chi connectivity index (χ4n) is 1.56. The SMILES string of the molecule is Cc1c(N)cccc1C(=O)Nc1sccc1C#N. The Morgan fingerprint density at radius 2 is 2.22 bits per heavy atom. The van der Waals surface area contributed by atoms with Crippen molar-refractivity contribution in [1.29, 1.82) is 5.26 Å². The van der Waals surface area contributed by atoms with Crippen LogP contribution in [0, 0.1) is 18.3 Å². The number of nitrogens with one attached hydrogen (secondary N) is 1. The van der Waals surface area contributed by atoms with Crippen LogP contribution >= 0.6 is 11.3 Å². The van der Waals surface area contributed by atoms with E-state index in [0.717, 1.165) is 5.56 Å². The molecule has 4 nitrogen and oxygen atoms in total. The number of thiophene rings is 1. The zero-order valence-corrected chi connectivity index (χ0v) is 10.5. The number of rotatable bonds is 2. The van der Waals surface area contributed by atoms with E-state index in [1.807, 2.05) is 6.07 Å². The number of benzene rings is 1. The minimum absolute atomic E-state index is 0.251. The van der Waals surface area contributed by atoms with Crippen molar-refractivity contribution in [1.82, 2.24) is 0 Å². The molecule has 2 aromatic rings. The Morgan fingerprint density at radius 1 is 1.44 bits per heavy atom. The molecule has 0 aliphatic heterocycles. The number of hydrogen-bond acceptors (Lipinski definition) is 4. The summed E-state index contributed by atoms with van der Waals surface area (Å²) < 4.78 is 0. The van der Waals surface area contributed by atoms with Gasteiger partial charge in [-0.2, -0.15) is 5.26 Å². The van der Waals surface area contributed by atoms with E-state index in [-0.39, 0.29) is 5.91 Å². The van der Waals surface area contributed by atoms with Crippen molar-refractivity contribution in [2.45, 2.75) is 6.92 Å². The first-order valence-electron chi connectivity index (χ1n) is 5.27. The molecule has 0 aliphatic rings. The van der Waals surface area contributed by atoms with Gasteiger partial charge in [-0.15, -0.1) is 11.3 Å². The molecule has 0 atom stereocenters. The van der Waals surface area contributed by atoms with Crippen molar-refractivity contribution in [3.05, 3.63) is 46.3 Å². The molecule has 0 spiro atoms. The van der Waals surface area contributed by atoms with Crippen LogP contribution in [-0.4, -0.2) is 5.91 Å². The first kappa shape index (κ1) is 12.1. The normalized spacial score (nSPS) is 9.78.